The van der Waals surface area contributed by atoms with Crippen molar-refractivity contribution in [3.63, 3.8) is 0 Å². The standard InChI is InChI=1S/C12H19N3O4S/c1-7-6-13-10(19-7)8(2)14-12(18)15-9(11(16)17)4-5-20-3/h6,8-9H,4-5H2,1-3H3,(H,16,17)(H2,14,15,18)/t8?,9-/m0/s1. The maximum absolute atomic E-state index is 11.7. The van der Waals surface area contributed by atoms with Gasteiger partial charge in [0.15, 0.2) is 0 Å². The Labute approximate surface area is 121 Å². The number of carbonyl (C=O) groups is 2. The molecule has 0 aliphatic rings. The first kappa shape index (κ1) is 16.4. The monoisotopic (exact) mass is 301 g/mol. The molecular weight excluding hydrogens is 282 g/mol. The van der Waals surface area contributed by atoms with E-state index in [4.69, 9.17) is 9.52 Å². The van der Waals surface area contributed by atoms with Gasteiger partial charge >= 0.3 is 12.0 Å². The van der Waals surface area contributed by atoms with Gasteiger partial charge in [-0.05, 0) is 32.3 Å². The van der Waals surface area contributed by atoms with Crippen LogP contribution in [0.1, 0.15) is 31.0 Å². The Morgan fingerprint density at radius 2 is 2.20 bits per heavy atom. The van der Waals surface area contributed by atoms with Crippen molar-refractivity contribution >= 4 is 23.8 Å². The van der Waals surface area contributed by atoms with Gasteiger partial charge in [-0.2, -0.15) is 11.8 Å². The van der Waals surface area contributed by atoms with Gasteiger partial charge in [0.2, 0.25) is 5.89 Å². The number of hydrogen-bond acceptors (Lipinski definition) is 5. The maximum Gasteiger partial charge on any atom is 0.326 e. The molecule has 0 aromatic carbocycles. The predicted molar refractivity (Wildman–Crippen MR) is 75.7 cm³/mol. The van der Waals surface area contributed by atoms with Gasteiger partial charge < -0.3 is 20.2 Å². The molecule has 7 nitrogen and oxygen atoms in total. The highest BCUT2D eigenvalue weighted by Gasteiger charge is 2.21. The van der Waals surface area contributed by atoms with Crippen LogP contribution in [0.4, 0.5) is 4.79 Å². The van der Waals surface area contributed by atoms with Crippen molar-refractivity contribution in [1.29, 1.82) is 0 Å². The average molecular weight is 301 g/mol. The van der Waals surface area contributed by atoms with Crippen molar-refractivity contribution in [2.45, 2.75) is 32.4 Å². The molecule has 0 aliphatic carbocycles. The normalized spacial score (nSPS) is 13.6. The van der Waals surface area contributed by atoms with E-state index in [0.29, 0.717) is 23.8 Å². The number of aromatic nitrogens is 1. The molecule has 1 unspecified atom stereocenters. The highest BCUT2D eigenvalue weighted by Crippen LogP contribution is 2.11. The zero-order chi connectivity index (χ0) is 15.1. The lowest BCUT2D eigenvalue weighted by Gasteiger charge is -2.16. The second kappa shape index (κ2) is 7.78. The maximum atomic E-state index is 11.7. The first-order chi connectivity index (χ1) is 9.43. The summed E-state index contributed by atoms with van der Waals surface area (Å²) in [6, 6.07) is -1.89. The summed E-state index contributed by atoms with van der Waals surface area (Å²) in [7, 11) is 0. The fourth-order valence-corrected chi connectivity index (χ4v) is 2.00. The van der Waals surface area contributed by atoms with Gasteiger partial charge in [-0.15, -0.1) is 0 Å². The van der Waals surface area contributed by atoms with E-state index < -0.39 is 24.1 Å². The number of thioether (sulfide) groups is 1. The van der Waals surface area contributed by atoms with Crippen LogP contribution in [0.15, 0.2) is 10.6 Å². The summed E-state index contributed by atoms with van der Waals surface area (Å²) in [4.78, 5) is 26.8. The number of carboxylic acids is 1. The lowest BCUT2D eigenvalue weighted by atomic mass is 10.2. The molecule has 3 N–H and O–H groups in total. The highest BCUT2D eigenvalue weighted by atomic mass is 32.2. The van der Waals surface area contributed by atoms with Crippen LogP contribution < -0.4 is 10.6 Å². The zero-order valence-electron chi connectivity index (χ0n) is 11.7. The molecule has 8 heteroatoms. The number of aliphatic carboxylic acids is 1. The molecule has 0 bridgehead atoms. The first-order valence-corrected chi connectivity index (χ1v) is 7.54. The number of nitrogens with one attached hydrogen (secondary N) is 2. The molecule has 1 aromatic heterocycles. The molecule has 1 aromatic rings. The van der Waals surface area contributed by atoms with Crippen LogP contribution in [0.2, 0.25) is 0 Å². The minimum Gasteiger partial charge on any atom is -0.480 e. The second-order valence-corrected chi connectivity index (χ2v) is 5.31. The third kappa shape index (κ3) is 5.12. The van der Waals surface area contributed by atoms with Gasteiger partial charge in [0.25, 0.3) is 0 Å². The lowest BCUT2D eigenvalue weighted by Crippen LogP contribution is -2.46. The Morgan fingerprint density at radius 3 is 2.70 bits per heavy atom. The highest BCUT2D eigenvalue weighted by molar-refractivity contribution is 7.98. The molecule has 1 rings (SSSR count). The molecule has 0 aliphatic heterocycles. The van der Waals surface area contributed by atoms with E-state index in [-0.39, 0.29) is 0 Å². The smallest absolute Gasteiger partial charge is 0.326 e. The minimum absolute atomic E-state index is 0.371. The van der Waals surface area contributed by atoms with Crippen LogP contribution in [0, 0.1) is 6.92 Å². The van der Waals surface area contributed by atoms with Gasteiger partial charge in [-0.25, -0.2) is 14.6 Å². The molecule has 0 radical (unpaired) electrons. The summed E-state index contributed by atoms with van der Waals surface area (Å²) in [6.45, 7) is 3.47. The Balaban J connectivity index is 2.50. The van der Waals surface area contributed by atoms with Crippen LogP contribution in [0.25, 0.3) is 0 Å². The number of carboxylic acid groups (broad SMARTS) is 1. The summed E-state index contributed by atoms with van der Waals surface area (Å²) >= 11 is 1.53. The number of nitrogens with zero attached hydrogens (tertiary/aromatic N) is 1. The molecule has 1 heterocycles. The second-order valence-electron chi connectivity index (χ2n) is 4.32. The van der Waals surface area contributed by atoms with Crippen molar-refractivity contribution < 1.29 is 19.1 Å². The number of carbonyl (C=O) groups excluding carboxylic acids is 1. The van der Waals surface area contributed by atoms with Gasteiger partial charge in [0, 0.05) is 0 Å². The van der Waals surface area contributed by atoms with Crippen molar-refractivity contribution in [3.8, 4) is 0 Å². The first-order valence-electron chi connectivity index (χ1n) is 6.15. The quantitative estimate of drug-likeness (QED) is 0.706. The van der Waals surface area contributed by atoms with Crippen LogP contribution in [-0.4, -0.2) is 40.1 Å². The van der Waals surface area contributed by atoms with Crippen LogP contribution in [-0.2, 0) is 4.79 Å². The van der Waals surface area contributed by atoms with Gasteiger partial charge in [0.05, 0.1) is 6.20 Å². The van der Waals surface area contributed by atoms with Gasteiger partial charge in [0.1, 0.15) is 17.8 Å². The average Bonchev–Trinajstić information content (AvgIpc) is 2.80. The molecule has 2 atom stereocenters. The number of hydrogen-bond donors (Lipinski definition) is 3. The zero-order valence-corrected chi connectivity index (χ0v) is 12.5. The number of urea groups is 1. The summed E-state index contributed by atoms with van der Waals surface area (Å²) in [5, 5.41) is 14.0. The third-order valence-corrected chi connectivity index (χ3v) is 3.22. The summed E-state index contributed by atoms with van der Waals surface area (Å²) < 4.78 is 5.29. The van der Waals surface area contributed by atoms with E-state index >= 15 is 0 Å². The van der Waals surface area contributed by atoms with Gasteiger partial charge in [-0.1, -0.05) is 0 Å². The molecule has 0 saturated heterocycles. The van der Waals surface area contributed by atoms with Crippen molar-refractivity contribution in [3.05, 3.63) is 17.8 Å². The van der Waals surface area contributed by atoms with E-state index in [1.54, 1.807) is 20.0 Å². The number of amides is 2. The van der Waals surface area contributed by atoms with E-state index in [1.165, 1.54) is 11.8 Å². The lowest BCUT2D eigenvalue weighted by molar-refractivity contribution is -0.139. The topological polar surface area (TPSA) is 104 Å². The number of oxazole rings is 1. The Bertz CT molecular complexity index is 463. The molecule has 20 heavy (non-hydrogen) atoms. The summed E-state index contributed by atoms with van der Waals surface area (Å²) in [6.07, 6.45) is 3.81. The summed E-state index contributed by atoms with van der Waals surface area (Å²) in [5.41, 5.74) is 0. The molecular formula is C12H19N3O4S. The fourth-order valence-electron chi connectivity index (χ4n) is 1.52. The summed E-state index contributed by atoms with van der Waals surface area (Å²) in [5.74, 6) is 0.644. The third-order valence-electron chi connectivity index (χ3n) is 2.57. The molecule has 0 spiro atoms. The Morgan fingerprint density at radius 1 is 1.50 bits per heavy atom. The molecule has 0 saturated carbocycles. The Hall–Kier alpha value is -1.70. The largest absolute Gasteiger partial charge is 0.480 e. The van der Waals surface area contributed by atoms with Crippen molar-refractivity contribution in [1.82, 2.24) is 15.6 Å². The number of aryl methyl sites for hydroxylation is 1. The van der Waals surface area contributed by atoms with Crippen LogP contribution in [0.5, 0.6) is 0 Å². The predicted octanol–water partition coefficient (Wildman–Crippen LogP) is 1.55. The number of rotatable bonds is 7. The minimum atomic E-state index is -1.05. The molecule has 2 amide bonds. The van der Waals surface area contributed by atoms with Crippen molar-refractivity contribution in [2.24, 2.45) is 0 Å². The van der Waals surface area contributed by atoms with Gasteiger partial charge in [-0.3, -0.25) is 0 Å². The van der Waals surface area contributed by atoms with E-state index in [1.807, 2.05) is 6.26 Å². The van der Waals surface area contributed by atoms with E-state index in [2.05, 4.69) is 15.6 Å². The molecule has 0 fully saturated rings. The fraction of sp³-hybridized carbons (Fsp3) is 0.583. The van der Waals surface area contributed by atoms with Crippen LogP contribution in [0.3, 0.4) is 0 Å². The van der Waals surface area contributed by atoms with Crippen LogP contribution >= 0.6 is 11.8 Å². The van der Waals surface area contributed by atoms with Crippen molar-refractivity contribution in [2.75, 3.05) is 12.0 Å². The molecule has 112 valence electrons. The Kier molecular flexibility index (Phi) is 6.37. The van der Waals surface area contributed by atoms with E-state index in [9.17, 15) is 9.59 Å². The SMILES string of the molecule is CSCC[C@H](NC(=O)NC(C)c1ncc(C)o1)C(=O)O. The van der Waals surface area contributed by atoms with E-state index in [0.717, 1.165) is 0 Å².